The van der Waals surface area contributed by atoms with Gasteiger partial charge in [-0.3, -0.25) is 4.79 Å². The highest BCUT2D eigenvalue weighted by molar-refractivity contribution is 8.22. The zero-order valence-electron chi connectivity index (χ0n) is 13.9. The first-order valence-electron chi connectivity index (χ1n) is 8.55. The zero-order chi connectivity index (χ0) is 17.2. The Kier molecular flexibility index (Phi) is 4.77. The highest BCUT2D eigenvalue weighted by Crippen LogP contribution is 2.34. The first-order chi connectivity index (χ1) is 12.2. The molecule has 1 saturated heterocycles. The summed E-state index contributed by atoms with van der Waals surface area (Å²) in [7, 11) is 0. The summed E-state index contributed by atoms with van der Waals surface area (Å²) in [6.45, 7) is 2.01. The molecule has 0 saturated carbocycles. The van der Waals surface area contributed by atoms with Crippen molar-refractivity contribution in [2.75, 3.05) is 19.6 Å². The molecule has 0 aliphatic carbocycles. The lowest BCUT2D eigenvalue weighted by Gasteiger charge is -2.45. The van der Waals surface area contributed by atoms with E-state index in [1.54, 1.807) is 11.8 Å². The Labute approximate surface area is 158 Å². The number of rotatable bonds is 2. The van der Waals surface area contributed by atoms with Crippen LogP contribution in [0.3, 0.4) is 0 Å². The average Bonchev–Trinajstić information content (AvgIpc) is 2.66. The second kappa shape index (κ2) is 7.18. The summed E-state index contributed by atoms with van der Waals surface area (Å²) in [5, 5.41) is 0. The van der Waals surface area contributed by atoms with Crippen LogP contribution < -0.4 is 0 Å². The minimum atomic E-state index is 0.126. The van der Waals surface area contributed by atoms with Crippen LogP contribution in [0.5, 0.6) is 0 Å². The molecule has 1 unspecified atom stereocenters. The van der Waals surface area contributed by atoms with E-state index in [1.807, 2.05) is 23.1 Å². The minimum Gasteiger partial charge on any atom is -0.346 e. The number of nitrogens with zero attached hydrogens (tertiary/aromatic N) is 2. The monoisotopic (exact) mass is 368 g/mol. The third-order valence-electron chi connectivity index (χ3n) is 4.92. The van der Waals surface area contributed by atoms with Gasteiger partial charge in [-0.25, -0.2) is 0 Å². The van der Waals surface area contributed by atoms with Crippen LogP contribution >= 0.6 is 24.0 Å². The van der Waals surface area contributed by atoms with Gasteiger partial charge in [0.25, 0.3) is 0 Å². The van der Waals surface area contributed by atoms with Crippen molar-refractivity contribution in [3.05, 3.63) is 71.3 Å². The van der Waals surface area contributed by atoms with Crippen LogP contribution in [-0.2, 0) is 17.0 Å². The van der Waals surface area contributed by atoms with Gasteiger partial charge in [-0.1, -0.05) is 78.6 Å². The number of hydrogen-bond acceptors (Lipinski definition) is 3. The van der Waals surface area contributed by atoms with Crippen LogP contribution in [0.25, 0.3) is 0 Å². The Bertz CT molecular complexity index is 793. The summed E-state index contributed by atoms with van der Waals surface area (Å²) in [5.74, 6) is 1.03. The highest BCUT2D eigenvalue weighted by atomic mass is 32.2. The molecule has 0 N–H and O–H groups in total. The smallest absolute Gasteiger partial charge is 0.242 e. The van der Waals surface area contributed by atoms with Crippen molar-refractivity contribution in [2.45, 2.75) is 18.2 Å². The van der Waals surface area contributed by atoms with Crippen LogP contribution in [-0.4, -0.2) is 39.7 Å². The van der Waals surface area contributed by atoms with Crippen LogP contribution in [0, 0.1) is 0 Å². The lowest BCUT2D eigenvalue weighted by atomic mass is 9.91. The maximum atomic E-state index is 12.6. The van der Waals surface area contributed by atoms with Gasteiger partial charge in [-0.05, 0) is 23.1 Å². The second-order valence-electron chi connectivity index (χ2n) is 6.47. The molecule has 1 fully saturated rings. The number of carbonyl (C=O) groups excluding carboxylic acids is 1. The van der Waals surface area contributed by atoms with Gasteiger partial charge >= 0.3 is 0 Å². The molecule has 0 bridgehead atoms. The topological polar surface area (TPSA) is 23.6 Å². The lowest BCUT2D eigenvalue weighted by molar-refractivity contribution is -0.138. The standard InChI is InChI=1S/C20H20N2OS2/c23-19-13-21(20(24)25-14-15-6-2-1-3-7-15)12-18-17-9-5-4-8-16(17)10-11-22(18)19/h1-9,18H,10-14H2. The summed E-state index contributed by atoms with van der Waals surface area (Å²) in [6, 6.07) is 18.9. The summed E-state index contributed by atoms with van der Waals surface area (Å²) in [4.78, 5) is 16.8. The molecular formula is C20H20N2OS2. The van der Waals surface area contributed by atoms with Crippen molar-refractivity contribution in [3.63, 3.8) is 0 Å². The SMILES string of the molecule is O=C1CN(C(=S)SCc2ccccc2)CC2c3ccccc3CCN12. The molecule has 2 aromatic rings. The Morgan fingerprint density at radius 2 is 1.88 bits per heavy atom. The molecule has 2 aliphatic heterocycles. The van der Waals surface area contributed by atoms with Gasteiger partial charge in [0.05, 0.1) is 12.6 Å². The Balaban J connectivity index is 1.48. The fourth-order valence-electron chi connectivity index (χ4n) is 3.62. The van der Waals surface area contributed by atoms with Crippen molar-refractivity contribution in [1.82, 2.24) is 9.80 Å². The maximum absolute atomic E-state index is 12.6. The third kappa shape index (κ3) is 3.44. The van der Waals surface area contributed by atoms with Gasteiger partial charge in [-0.2, -0.15) is 0 Å². The predicted molar refractivity (Wildman–Crippen MR) is 107 cm³/mol. The number of amides is 1. The van der Waals surface area contributed by atoms with E-state index < -0.39 is 0 Å². The van der Waals surface area contributed by atoms with Crippen LogP contribution in [0.1, 0.15) is 22.7 Å². The molecular weight excluding hydrogens is 348 g/mol. The van der Waals surface area contributed by atoms with Gasteiger partial charge < -0.3 is 9.80 Å². The van der Waals surface area contributed by atoms with Gasteiger partial charge in [0.15, 0.2) is 0 Å². The van der Waals surface area contributed by atoms with Crippen molar-refractivity contribution in [1.29, 1.82) is 0 Å². The molecule has 2 aliphatic rings. The number of carbonyl (C=O) groups is 1. The second-order valence-corrected chi connectivity index (χ2v) is 8.08. The summed E-state index contributed by atoms with van der Waals surface area (Å²) in [6.07, 6.45) is 0.950. The predicted octanol–water partition coefficient (Wildman–Crippen LogP) is 3.65. The normalized spacial score (nSPS) is 19.4. The van der Waals surface area contributed by atoms with E-state index in [-0.39, 0.29) is 11.9 Å². The first-order valence-corrected chi connectivity index (χ1v) is 9.94. The van der Waals surface area contributed by atoms with Gasteiger partial charge in [0.1, 0.15) is 4.32 Å². The summed E-state index contributed by atoms with van der Waals surface area (Å²) >= 11 is 7.28. The Hall–Kier alpha value is -1.85. The van der Waals surface area contributed by atoms with E-state index in [1.165, 1.54) is 16.7 Å². The molecule has 5 heteroatoms. The summed E-state index contributed by atoms with van der Waals surface area (Å²) in [5.41, 5.74) is 3.90. The van der Waals surface area contributed by atoms with Crippen molar-refractivity contribution < 1.29 is 4.79 Å². The number of thioether (sulfide) groups is 1. The zero-order valence-corrected chi connectivity index (χ0v) is 15.6. The molecule has 25 heavy (non-hydrogen) atoms. The number of hydrogen-bond donors (Lipinski definition) is 0. The van der Waals surface area contributed by atoms with E-state index in [4.69, 9.17) is 12.2 Å². The van der Waals surface area contributed by atoms with E-state index in [0.717, 1.165) is 29.6 Å². The van der Waals surface area contributed by atoms with E-state index in [0.29, 0.717) is 6.54 Å². The van der Waals surface area contributed by atoms with Crippen molar-refractivity contribution in [3.8, 4) is 0 Å². The van der Waals surface area contributed by atoms with Gasteiger partial charge in [-0.15, -0.1) is 0 Å². The van der Waals surface area contributed by atoms with Crippen molar-refractivity contribution >= 4 is 34.2 Å². The molecule has 1 atom stereocenters. The molecule has 2 aromatic carbocycles. The number of fused-ring (bicyclic) bond motifs is 3. The van der Waals surface area contributed by atoms with Crippen molar-refractivity contribution in [2.24, 2.45) is 0 Å². The van der Waals surface area contributed by atoms with Crippen LogP contribution in [0.2, 0.25) is 0 Å². The van der Waals surface area contributed by atoms with Gasteiger partial charge in [0, 0.05) is 18.8 Å². The molecule has 0 aromatic heterocycles. The Morgan fingerprint density at radius 1 is 1.12 bits per heavy atom. The van der Waals surface area contributed by atoms with Gasteiger partial charge in [0.2, 0.25) is 5.91 Å². The fraction of sp³-hybridized carbons (Fsp3) is 0.300. The first kappa shape index (κ1) is 16.6. The number of benzene rings is 2. The van der Waals surface area contributed by atoms with Crippen LogP contribution in [0.4, 0.5) is 0 Å². The lowest BCUT2D eigenvalue weighted by Crippen LogP contribution is -2.55. The van der Waals surface area contributed by atoms with E-state index in [9.17, 15) is 4.79 Å². The Morgan fingerprint density at radius 3 is 2.72 bits per heavy atom. The number of thiocarbonyl (C=S) groups is 1. The van der Waals surface area contributed by atoms with Crippen LogP contribution in [0.15, 0.2) is 54.6 Å². The molecule has 128 valence electrons. The quantitative estimate of drug-likeness (QED) is 0.755. The molecule has 2 heterocycles. The molecule has 4 rings (SSSR count). The maximum Gasteiger partial charge on any atom is 0.242 e. The molecule has 3 nitrogen and oxygen atoms in total. The number of piperazine rings is 1. The summed E-state index contributed by atoms with van der Waals surface area (Å²) < 4.78 is 0.819. The molecule has 0 spiro atoms. The largest absolute Gasteiger partial charge is 0.346 e. The fourth-order valence-corrected chi connectivity index (χ4v) is 4.74. The average molecular weight is 369 g/mol. The highest BCUT2D eigenvalue weighted by Gasteiger charge is 2.37. The molecule has 1 amide bonds. The molecule has 0 radical (unpaired) electrons. The van der Waals surface area contributed by atoms with E-state index in [2.05, 4.69) is 41.3 Å². The van der Waals surface area contributed by atoms with E-state index >= 15 is 0 Å². The minimum absolute atomic E-state index is 0.126. The third-order valence-corrected chi connectivity index (χ3v) is 6.51.